The Bertz CT molecular complexity index is 191. The largest absolute Gasteiger partial charge is 0.380 e. The fourth-order valence-electron chi connectivity index (χ4n) is 2.44. The Labute approximate surface area is 102 Å². The zero-order valence-corrected chi connectivity index (χ0v) is 12.3. The number of ether oxygens (including phenoxy) is 2. The summed E-state index contributed by atoms with van der Waals surface area (Å²) >= 11 is 0. The van der Waals surface area contributed by atoms with E-state index in [-0.39, 0.29) is 15.8 Å². The van der Waals surface area contributed by atoms with Crippen molar-refractivity contribution in [3.63, 3.8) is 0 Å². The lowest BCUT2D eigenvalue weighted by Crippen LogP contribution is -2.25. The third kappa shape index (κ3) is 3.64. The molecule has 2 heterocycles. The molecule has 2 nitrogen and oxygen atoms in total. The maximum absolute atomic E-state index is 5.53. The Hall–Kier alpha value is 0.780. The molecule has 4 heteroatoms. The van der Waals surface area contributed by atoms with Gasteiger partial charge in [0.05, 0.1) is 26.4 Å². The first-order chi connectivity index (χ1) is 7.77. The van der Waals surface area contributed by atoms with Gasteiger partial charge >= 0.3 is 0 Å². The van der Waals surface area contributed by atoms with Crippen molar-refractivity contribution in [2.45, 2.75) is 25.2 Å². The molecule has 4 unspecified atom stereocenters. The van der Waals surface area contributed by atoms with Crippen LogP contribution in [0.3, 0.4) is 0 Å². The Balaban J connectivity index is 1.72. The molecule has 4 atom stereocenters. The zero-order valence-electron chi connectivity index (χ0n) is 10.5. The van der Waals surface area contributed by atoms with Crippen LogP contribution < -0.4 is 0 Å². The molecule has 0 bridgehead atoms. The Morgan fingerprint density at radius 1 is 0.875 bits per heavy atom. The fourth-order valence-corrected chi connectivity index (χ4v) is 8.07. The number of hydrogen-bond donors (Lipinski definition) is 0. The smallest absolute Gasteiger partial charge is 0.0531 e. The predicted molar refractivity (Wildman–Crippen MR) is 73.9 cm³/mol. The molecular weight excluding hydrogens is 238 g/mol. The van der Waals surface area contributed by atoms with Crippen molar-refractivity contribution >= 4 is 15.8 Å². The normalized spacial score (nSPS) is 40.9. The minimum Gasteiger partial charge on any atom is -0.380 e. The average Bonchev–Trinajstić information content (AvgIpc) is 2.30. The molecule has 2 aliphatic heterocycles. The van der Waals surface area contributed by atoms with E-state index in [1.165, 1.54) is 24.6 Å². The molecule has 2 aliphatic rings. The van der Waals surface area contributed by atoms with E-state index in [9.17, 15) is 0 Å². The topological polar surface area (TPSA) is 18.5 Å². The minimum absolute atomic E-state index is 0.274. The van der Waals surface area contributed by atoms with Gasteiger partial charge in [0.15, 0.2) is 0 Å². The quantitative estimate of drug-likeness (QED) is 0.728. The molecule has 16 heavy (non-hydrogen) atoms. The fraction of sp³-hybridized carbons (Fsp3) is 1.00. The Morgan fingerprint density at radius 3 is 1.69 bits per heavy atom. The van der Waals surface area contributed by atoms with Crippen LogP contribution in [0.4, 0.5) is 0 Å². The molecular formula is C12H24O2P2. The lowest BCUT2D eigenvalue weighted by Gasteiger charge is -2.34. The van der Waals surface area contributed by atoms with Crippen molar-refractivity contribution in [2.75, 3.05) is 51.1 Å². The van der Waals surface area contributed by atoms with Gasteiger partial charge in [-0.3, -0.25) is 0 Å². The molecule has 0 aromatic rings. The second kappa shape index (κ2) is 6.64. The lowest BCUT2D eigenvalue weighted by atomic mass is 10.5. The Kier molecular flexibility index (Phi) is 5.49. The summed E-state index contributed by atoms with van der Waals surface area (Å²) in [4.78, 5) is 0. The molecule has 0 N–H and O–H groups in total. The highest BCUT2D eigenvalue weighted by Crippen LogP contribution is 2.50. The summed E-state index contributed by atoms with van der Waals surface area (Å²) in [6.45, 7) is 8.83. The monoisotopic (exact) mass is 262 g/mol. The highest BCUT2D eigenvalue weighted by atomic mass is 31.1. The molecule has 0 amide bonds. The van der Waals surface area contributed by atoms with Gasteiger partial charge in [-0.15, -0.1) is 0 Å². The first-order valence-corrected chi connectivity index (χ1v) is 9.97. The van der Waals surface area contributed by atoms with Crippen LogP contribution in [0.25, 0.3) is 0 Å². The first-order valence-electron chi connectivity index (χ1n) is 6.41. The van der Waals surface area contributed by atoms with E-state index in [2.05, 4.69) is 13.8 Å². The van der Waals surface area contributed by atoms with Crippen molar-refractivity contribution in [3.8, 4) is 0 Å². The molecule has 94 valence electrons. The van der Waals surface area contributed by atoms with E-state index in [1.807, 2.05) is 0 Å². The summed E-state index contributed by atoms with van der Waals surface area (Å²) in [6.07, 6.45) is 5.70. The third-order valence-corrected chi connectivity index (χ3v) is 9.94. The summed E-state index contributed by atoms with van der Waals surface area (Å²) in [5.41, 5.74) is 1.69. The van der Waals surface area contributed by atoms with Crippen molar-refractivity contribution < 1.29 is 9.47 Å². The van der Waals surface area contributed by atoms with Crippen molar-refractivity contribution in [1.82, 2.24) is 0 Å². The van der Waals surface area contributed by atoms with E-state index in [4.69, 9.17) is 9.47 Å². The Morgan fingerprint density at radius 2 is 1.31 bits per heavy atom. The van der Waals surface area contributed by atoms with E-state index < -0.39 is 0 Å². The van der Waals surface area contributed by atoms with Crippen LogP contribution in [-0.4, -0.2) is 62.4 Å². The van der Waals surface area contributed by atoms with Gasteiger partial charge in [-0.2, -0.15) is 0 Å². The van der Waals surface area contributed by atoms with Crippen molar-refractivity contribution in [1.29, 1.82) is 0 Å². The van der Waals surface area contributed by atoms with Gasteiger partial charge in [0.25, 0.3) is 0 Å². The van der Waals surface area contributed by atoms with E-state index in [0.717, 1.165) is 37.7 Å². The lowest BCUT2D eigenvalue weighted by molar-refractivity contribution is 0.142. The summed E-state index contributed by atoms with van der Waals surface area (Å²) in [6, 6.07) is 0. The standard InChI is InChI=1S/C12H24O2P2/c1-11-9-13-3-5-15(11)7-8-16-6-4-14-10-12(16)2/h11-12H,3-10H2,1-2H3. The summed E-state index contributed by atoms with van der Waals surface area (Å²) in [5.74, 6) is 0. The number of hydrogen-bond acceptors (Lipinski definition) is 2. The summed E-state index contributed by atoms with van der Waals surface area (Å²) < 4.78 is 11.1. The van der Waals surface area contributed by atoms with E-state index in [1.54, 1.807) is 0 Å². The van der Waals surface area contributed by atoms with Crippen LogP contribution in [0.15, 0.2) is 0 Å². The van der Waals surface area contributed by atoms with Gasteiger partial charge in [0.1, 0.15) is 0 Å². The zero-order chi connectivity index (χ0) is 11.4. The van der Waals surface area contributed by atoms with Gasteiger partial charge < -0.3 is 9.47 Å². The van der Waals surface area contributed by atoms with Crippen molar-refractivity contribution in [3.05, 3.63) is 0 Å². The SMILES string of the molecule is CC1COCCP1CCP1CCOCC1C. The van der Waals surface area contributed by atoms with Crippen LogP contribution in [0, 0.1) is 0 Å². The van der Waals surface area contributed by atoms with Gasteiger partial charge in [0, 0.05) is 0 Å². The summed E-state index contributed by atoms with van der Waals surface area (Å²) in [7, 11) is 0.547. The van der Waals surface area contributed by atoms with Crippen molar-refractivity contribution in [2.24, 2.45) is 0 Å². The van der Waals surface area contributed by atoms with Gasteiger partial charge in [-0.1, -0.05) is 29.7 Å². The van der Waals surface area contributed by atoms with Crippen LogP contribution in [0.1, 0.15) is 13.8 Å². The van der Waals surface area contributed by atoms with Gasteiger partial charge in [0.2, 0.25) is 0 Å². The van der Waals surface area contributed by atoms with Crippen LogP contribution >= 0.6 is 15.8 Å². The molecule has 0 aromatic carbocycles. The number of rotatable bonds is 3. The molecule has 0 radical (unpaired) electrons. The molecule has 2 fully saturated rings. The van der Waals surface area contributed by atoms with Crippen LogP contribution in [-0.2, 0) is 9.47 Å². The predicted octanol–water partition coefficient (Wildman–Crippen LogP) is 2.79. The molecule has 2 rings (SSSR count). The molecule has 0 aromatic heterocycles. The van der Waals surface area contributed by atoms with Crippen LogP contribution in [0.5, 0.6) is 0 Å². The maximum Gasteiger partial charge on any atom is 0.0531 e. The first kappa shape index (κ1) is 13.2. The molecule has 0 saturated carbocycles. The average molecular weight is 262 g/mol. The molecule has 0 spiro atoms. The second-order valence-electron chi connectivity index (χ2n) is 4.92. The van der Waals surface area contributed by atoms with Gasteiger partial charge in [-0.05, 0) is 36.0 Å². The minimum atomic E-state index is 0.274. The third-order valence-electron chi connectivity index (χ3n) is 3.68. The maximum atomic E-state index is 5.53. The highest BCUT2D eigenvalue weighted by Gasteiger charge is 2.25. The summed E-state index contributed by atoms with van der Waals surface area (Å²) in [5, 5.41) is 0. The van der Waals surface area contributed by atoms with Gasteiger partial charge in [-0.25, -0.2) is 0 Å². The second-order valence-corrected chi connectivity index (χ2v) is 10.8. The molecule has 0 aliphatic carbocycles. The van der Waals surface area contributed by atoms with E-state index in [0.29, 0.717) is 0 Å². The highest BCUT2D eigenvalue weighted by molar-refractivity contribution is 7.62. The van der Waals surface area contributed by atoms with E-state index >= 15 is 0 Å². The molecule has 2 saturated heterocycles. The van der Waals surface area contributed by atoms with Crippen LogP contribution in [0.2, 0.25) is 0 Å².